The van der Waals surface area contributed by atoms with Crippen LogP contribution in [0.2, 0.25) is 0 Å². The second kappa shape index (κ2) is 7.53. The lowest BCUT2D eigenvalue weighted by Crippen LogP contribution is -2.35. The first-order valence-electron chi connectivity index (χ1n) is 7.09. The first-order chi connectivity index (χ1) is 9.75. The van der Waals surface area contributed by atoms with Crippen molar-refractivity contribution in [3.8, 4) is 0 Å². The molecular weight excluding hydrogens is 254 g/mol. The monoisotopic (exact) mass is 275 g/mol. The quantitative estimate of drug-likeness (QED) is 0.821. The van der Waals surface area contributed by atoms with E-state index in [0.717, 1.165) is 31.6 Å². The molecule has 2 rings (SSSR count). The van der Waals surface area contributed by atoms with Gasteiger partial charge in [-0.1, -0.05) is 18.2 Å². The van der Waals surface area contributed by atoms with E-state index in [4.69, 9.17) is 0 Å². The van der Waals surface area contributed by atoms with Crippen LogP contribution in [0.15, 0.2) is 30.3 Å². The maximum Gasteiger partial charge on any atom is 0.239 e. The molecule has 2 N–H and O–H groups in total. The lowest BCUT2D eigenvalue weighted by Gasteiger charge is -2.15. The molecule has 0 unspecified atom stereocenters. The number of amides is 2. The number of anilines is 1. The fourth-order valence-corrected chi connectivity index (χ4v) is 2.23. The molecule has 0 radical (unpaired) electrons. The number of nitrogens with one attached hydrogen (secondary N) is 2. The van der Waals surface area contributed by atoms with Crippen molar-refractivity contribution in [1.29, 1.82) is 0 Å². The van der Waals surface area contributed by atoms with E-state index in [2.05, 4.69) is 10.6 Å². The van der Waals surface area contributed by atoms with Gasteiger partial charge in [0.25, 0.3) is 0 Å². The molecule has 108 valence electrons. The second-order valence-corrected chi connectivity index (χ2v) is 4.91. The molecule has 5 heteroatoms. The van der Waals surface area contributed by atoms with Gasteiger partial charge in [-0.25, -0.2) is 0 Å². The van der Waals surface area contributed by atoms with Crippen molar-refractivity contribution in [2.45, 2.75) is 19.3 Å². The maximum absolute atomic E-state index is 11.8. The molecule has 2 amide bonds. The Morgan fingerprint density at radius 2 is 1.80 bits per heavy atom. The minimum atomic E-state index is -0.0944. The van der Waals surface area contributed by atoms with Crippen molar-refractivity contribution < 1.29 is 9.59 Å². The van der Waals surface area contributed by atoms with E-state index in [0.29, 0.717) is 13.0 Å². The summed E-state index contributed by atoms with van der Waals surface area (Å²) in [5.74, 6) is 0.0434. The molecule has 1 fully saturated rings. The number of carbonyl (C=O) groups is 2. The number of benzene rings is 1. The average Bonchev–Trinajstić information content (AvgIpc) is 3.00. The van der Waals surface area contributed by atoms with Crippen LogP contribution in [0.5, 0.6) is 0 Å². The number of carbonyl (C=O) groups excluding carboxylic acids is 2. The Balaban J connectivity index is 1.59. The summed E-state index contributed by atoms with van der Waals surface area (Å²) in [6.07, 6.45) is 2.58. The predicted octanol–water partition coefficient (Wildman–Crippen LogP) is 1.23. The van der Waals surface area contributed by atoms with Crippen molar-refractivity contribution in [3.05, 3.63) is 30.3 Å². The normalized spacial score (nSPS) is 14.1. The van der Waals surface area contributed by atoms with Crippen molar-refractivity contribution in [3.63, 3.8) is 0 Å². The predicted molar refractivity (Wildman–Crippen MR) is 78.4 cm³/mol. The van der Waals surface area contributed by atoms with E-state index in [-0.39, 0.29) is 18.4 Å². The van der Waals surface area contributed by atoms with Crippen LogP contribution in [0.4, 0.5) is 5.69 Å². The van der Waals surface area contributed by atoms with E-state index in [9.17, 15) is 9.59 Å². The van der Waals surface area contributed by atoms with Crippen molar-refractivity contribution >= 4 is 17.5 Å². The van der Waals surface area contributed by atoms with E-state index in [1.54, 1.807) is 0 Å². The highest BCUT2D eigenvalue weighted by Crippen LogP contribution is 2.08. The van der Waals surface area contributed by atoms with E-state index >= 15 is 0 Å². The molecule has 1 saturated heterocycles. The van der Waals surface area contributed by atoms with Gasteiger partial charge in [0.05, 0.1) is 6.54 Å². The number of hydrogen-bond acceptors (Lipinski definition) is 3. The molecular formula is C15H21N3O2. The summed E-state index contributed by atoms with van der Waals surface area (Å²) in [6, 6.07) is 9.56. The van der Waals surface area contributed by atoms with Crippen molar-refractivity contribution in [2.24, 2.45) is 0 Å². The molecule has 0 saturated carbocycles. The summed E-state index contributed by atoms with van der Waals surface area (Å²) in [5, 5.41) is 5.79. The summed E-state index contributed by atoms with van der Waals surface area (Å²) in [7, 11) is 0. The van der Waals surface area contributed by atoms with Crippen LogP contribution in [-0.4, -0.2) is 42.9 Å². The zero-order valence-corrected chi connectivity index (χ0v) is 11.6. The molecule has 0 bridgehead atoms. The van der Waals surface area contributed by atoms with Gasteiger partial charge in [-0.15, -0.1) is 0 Å². The number of likely N-dealkylation sites (tertiary alicyclic amines) is 1. The average molecular weight is 275 g/mol. The van der Waals surface area contributed by atoms with Gasteiger partial charge in [-0.2, -0.15) is 0 Å². The van der Waals surface area contributed by atoms with Crippen LogP contribution in [0.3, 0.4) is 0 Å². The topological polar surface area (TPSA) is 61.4 Å². The first-order valence-corrected chi connectivity index (χ1v) is 7.09. The molecule has 0 aliphatic carbocycles. The highest BCUT2D eigenvalue weighted by molar-refractivity contribution is 5.82. The molecule has 5 nitrogen and oxygen atoms in total. The number of hydrogen-bond donors (Lipinski definition) is 2. The molecule has 1 aliphatic heterocycles. The Morgan fingerprint density at radius 3 is 2.50 bits per heavy atom. The molecule has 0 spiro atoms. The third-order valence-corrected chi connectivity index (χ3v) is 3.35. The van der Waals surface area contributed by atoms with Gasteiger partial charge < -0.3 is 15.5 Å². The van der Waals surface area contributed by atoms with Crippen LogP contribution in [0, 0.1) is 0 Å². The largest absolute Gasteiger partial charge is 0.376 e. The minimum absolute atomic E-state index is 0.0944. The Bertz CT molecular complexity index is 442. The van der Waals surface area contributed by atoms with Crippen LogP contribution < -0.4 is 10.6 Å². The number of para-hydroxylation sites is 1. The molecule has 1 aromatic carbocycles. The SMILES string of the molecule is O=C(CNc1ccccc1)NCCC(=O)N1CCCC1. The third-order valence-electron chi connectivity index (χ3n) is 3.35. The first kappa shape index (κ1) is 14.4. The van der Waals surface area contributed by atoms with Crippen LogP contribution >= 0.6 is 0 Å². The van der Waals surface area contributed by atoms with E-state index in [1.807, 2.05) is 35.2 Å². The third kappa shape index (κ3) is 4.57. The minimum Gasteiger partial charge on any atom is -0.376 e. The Hall–Kier alpha value is -2.04. The van der Waals surface area contributed by atoms with Gasteiger partial charge in [-0.05, 0) is 25.0 Å². The lowest BCUT2D eigenvalue weighted by molar-refractivity contribution is -0.130. The number of nitrogens with zero attached hydrogens (tertiary/aromatic N) is 1. The summed E-state index contributed by atoms with van der Waals surface area (Å²) in [5.41, 5.74) is 0.913. The Morgan fingerprint density at radius 1 is 1.10 bits per heavy atom. The summed E-state index contributed by atoms with van der Waals surface area (Å²) < 4.78 is 0. The van der Waals surface area contributed by atoms with Crippen LogP contribution in [0.25, 0.3) is 0 Å². The fourth-order valence-electron chi connectivity index (χ4n) is 2.23. The molecule has 1 aromatic rings. The van der Waals surface area contributed by atoms with E-state index < -0.39 is 0 Å². The van der Waals surface area contributed by atoms with Gasteiger partial charge in [0.15, 0.2) is 0 Å². The van der Waals surface area contributed by atoms with Crippen LogP contribution in [-0.2, 0) is 9.59 Å². The van der Waals surface area contributed by atoms with Gasteiger partial charge >= 0.3 is 0 Å². The highest BCUT2D eigenvalue weighted by atomic mass is 16.2. The summed E-state index contributed by atoms with van der Waals surface area (Å²) in [6.45, 7) is 2.36. The van der Waals surface area contributed by atoms with Gasteiger partial charge in [0.2, 0.25) is 11.8 Å². The zero-order valence-electron chi connectivity index (χ0n) is 11.6. The molecule has 1 heterocycles. The standard InChI is InChI=1S/C15H21N3O2/c19-14(12-17-13-6-2-1-3-7-13)16-9-8-15(20)18-10-4-5-11-18/h1-3,6-7,17H,4-5,8-12H2,(H,16,19). The molecule has 1 aliphatic rings. The van der Waals surface area contributed by atoms with Crippen LogP contribution in [0.1, 0.15) is 19.3 Å². The Labute approximate surface area is 119 Å². The lowest BCUT2D eigenvalue weighted by atomic mass is 10.3. The van der Waals surface area contributed by atoms with Gasteiger partial charge in [0.1, 0.15) is 0 Å². The summed E-state index contributed by atoms with van der Waals surface area (Å²) in [4.78, 5) is 25.3. The van der Waals surface area contributed by atoms with E-state index in [1.165, 1.54) is 0 Å². The summed E-state index contributed by atoms with van der Waals surface area (Å²) >= 11 is 0. The van der Waals surface area contributed by atoms with Crippen molar-refractivity contribution in [1.82, 2.24) is 10.2 Å². The molecule has 0 atom stereocenters. The second-order valence-electron chi connectivity index (χ2n) is 4.91. The maximum atomic E-state index is 11.8. The van der Waals surface area contributed by atoms with Gasteiger partial charge in [-0.3, -0.25) is 9.59 Å². The smallest absolute Gasteiger partial charge is 0.239 e. The highest BCUT2D eigenvalue weighted by Gasteiger charge is 2.17. The fraction of sp³-hybridized carbons (Fsp3) is 0.467. The molecule has 0 aromatic heterocycles. The zero-order chi connectivity index (χ0) is 14.2. The Kier molecular flexibility index (Phi) is 5.41. The van der Waals surface area contributed by atoms with Crippen molar-refractivity contribution in [2.75, 3.05) is 31.5 Å². The number of rotatable bonds is 6. The van der Waals surface area contributed by atoms with Gasteiger partial charge in [0, 0.05) is 31.7 Å². The molecule has 20 heavy (non-hydrogen) atoms.